The molecule has 2 aromatic carbocycles. The Morgan fingerprint density at radius 1 is 1.15 bits per heavy atom. The van der Waals surface area contributed by atoms with Gasteiger partial charge in [-0.05, 0) is 51.5 Å². The molecule has 1 unspecified atom stereocenters. The van der Waals surface area contributed by atoms with Gasteiger partial charge >= 0.3 is 5.97 Å². The van der Waals surface area contributed by atoms with E-state index in [1.165, 1.54) is 30.3 Å². The van der Waals surface area contributed by atoms with Crippen molar-refractivity contribution in [3.8, 4) is 11.5 Å². The number of aromatic hydroxyl groups is 1. The van der Waals surface area contributed by atoms with Crippen LogP contribution in [0.4, 0.5) is 0 Å². The fourth-order valence-electron chi connectivity index (χ4n) is 3.47. The Bertz CT molecular complexity index is 1280. The molecule has 0 bridgehead atoms. The van der Waals surface area contributed by atoms with Crippen LogP contribution in [0.3, 0.4) is 0 Å². The topological polar surface area (TPSA) is 167 Å². The predicted molar refractivity (Wildman–Crippen MR) is 145 cm³/mol. The number of phenolic OH excluding ortho intramolecular Hbond substituents is 1. The molecule has 12 nitrogen and oxygen atoms in total. The number of amides is 1. The molecular formula is C26H35N5O7S. The second-order valence-corrected chi connectivity index (χ2v) is 11.4. The summed E-state index contributed by atoms with van der Waals surface area (Å²) in [6.07, 6.45) is 0.992. The molecule has 3 rings (SSSR count). The summed E-state index contributed by atoms with van der Waals surface area (Å²) in [6.45, 7) is 6.93. The number of esters is 1. The third-order valence-electron chi connectivity index (χ3n) is 5.28. The minimum atomic E-state index is -4.09. The van der Waals surface area contributed by atoms with Crippen molar-refractivity contribution in [3.63, 3.8) is 0 Å². The fraction of sp³-hybridized carbons (Fsp3) is 0.423. The van der Waals surface area contributed by atoms with Crippen molar-refractivity contribution in [2.24, 2.45) is 4.99 Å². The average molecular weight is 562 g/mol. The van der Waals surface area contributed by atoms with Gasteiger partial charge in [0.15, 0.2) is 5.96 Å². The zero-order valence-electron chi connectivity index (χ0n) is 22.2. The Labute approximate surface area is 228 Å². The normalized spacial score (nSPS) is 14.4. The van der Waals surface area contributed by atoms with E-state index in [1.54, 1.807) is 39.0 Å². The molecule has 5 N–H and O–H groups in total. The van der Waals surface area contributed by atoms with Gasteiger partial charge in [0.25, 0.3) is 5.91 Å². The zero-order chi connectivity index (χ0) is 28.5. The summed E-state index contributed by atoms with van der Waals surface area (Å²) in [5, 5.41) is 19.1. The first-order chi connectivity index (χ1) is 18.4. The third-order valence-corrected chi connectivity index (χ3v) is 6.77. The van der Waals surface area contributed by atoms with Crippen molar-refractivity contribution in [1.29, 1.82) is 0 Å². The van der Waals surface area contributed by atoms with E-state index in [-0.39, 0.29) is 16.2 Å². The van der Waals surface area contributed by atoms with Crippen LogP contribution in [-0.2, 0) is 19.6 Å². The molecule has 1 amide bonds. The molecule has 1 heterocycles. The number of nitrogens with zero attached hydrogens (tertiary/aromatic N) is 1. The van der Waals surface area contributed by atoms with Crippen molar-refractivity contribution in [2.45, 2.75) is 43.7 Å². The van der Waals surface area contributed by atoms with Crippen LogP contribution in [0.25, 0.3) is 0 Å². The third kappa shape index (κ3) is 9.45. The summed E-state index contributed by atoms with van der Waals surface area (Å²) < 4.78 is 38.9. The van der Waals surface area contributed by atoms with Gasteiger partial charge in [-0.1, -0.05) is 18.2 Å². The smallest absolute Gasteiger partial charge is 0.326 e. The standard InChI is InChI=1S/C26H35N5O7S/c1-26(2,3)38-24(34)21(31-39(35,36)19-8-5-4-6-9-19)17-30-23(33)20-11-10-18(16-22(20)32)37-15-14-29-25-27-12-7-13-28-25/h4-6,8-11,16,21,31-32H,7,12-15,17H2,1-3H3,(H,30,33)(H2,27,28,29). The average Bonchev–Trinajstić information content (AvgIpc) is 2.89. The van der Waals surface area contributed by atoms with Crippen LogP contribution in [0.15, 0.2) is 58.4 Å². The Morgan fingerprint density at radius 3 is 2.54 bits per heavy atom. The molecule has 1 aliphatic rings. The maximum absolute atomic E-state index is 12.8. The van der Waals surface area contributed by atoms with Crippen molar-refractivity contribution in [2.75, 3.05) is 32.8 Å². The summed E-state index contributed by atoms with van der Waals surface area (Å²) in [7, 11) is -4.09. The summed E-state index contributed by atoms with van der Waals surface area (Å²) in [4.78, 5) is 29.8. The lowest BCUT2D eigenvalue weighted by Gasteiger charge is -2.24. The highest BCUT2D eigenvalue weighted by Gasteiger charge is 2.30. The van der Waals surface area contributed by atoms with E-state index in [9.17, 15) is 23.1 Å². The highest BCUT2D eigenvalue weighted by Crippen LogP contribution is 2.23. The van der Waals surface area contributed by atoms with E-state index in [1.807, 2.05) is 0 Å². The van der Waals surface area contributed by atoms with Crippen LogP contribution in [0.5, 0.6) is 11.5 Å². The minimum Gasteiger partial charge on any atom is -0.507 e. The van der Waals surface area contributed by atoms with Gasteiger partial charge in [0.1, 0.15) is 29.7 Å². The van der Waals surface area contributed by atoms with Crippen molar-refractivity contribution in [1.82, 2.24) is 20.7 Å². The van der Waals surface area contributed by atoms with E-state index in [4.69, 9.17) is 9.47 Å². The van der Waals surface area contributed by atoms with Crippen molar-refractivity contribution >= 4 is 27.9 Å². The summed E-state index contributed by atoms with van der Waals surface area (Å²) in [6, 6.07) is 10.3. The molecule has 13 heteroatoms. The molecule has 0 aromatic heterocycles. The summed E-state index contributed by atoms with van der Waals surface area (Å²) in [5.74, 6) is -0.843. The number of sulfonamides is 1. The number of hydrogen-bond donors (Lipinski definition) is 5. The molecule has 212 valence electrons. The molecular weight excluding hydrogens is 526 g/mol. The number of carbonyl (C=O) groups excluding carboxylic acids is 2. The van der Waals surface area contributed by atoms with Crippen molar-refractivity contribution in [3.05, 3.63) is 54.1 Å². The van der Waals surface area contributed by atoms with Crippen LogP contribution < -0.4 is 25.4 Å². The predicted octanol–water partition coefficient (Wildman–Crippen LogP) is 1.13. The summed E-state index contributed by atoms with van der Waals surface area (Å²) >= 11 is 0. The van der Waals surface area contributed by atoms with Gasteiger partial charge in [-0.15, -0.1) is 0 Å². The van der Waals surface area contributed by atoms with Gasteiger partial charge in [0.05, 0.1) is 17.0 Å². The number of nitrogens with one attached hydrogen (secondary N) is 4. The Kier molecular flexibility index (Phi) is 10.1. The molecule has 2 aromatic rings. The van der Waals surface area contributed by atoms with Gasteiger partial charge in [0, 0.05) is 25.7 Å². The van der Waals surface area contributed by atoms with E-state index in [0.717, 1.165) is 25.5 Å². The SMILES string of the molecule is CC(C)(C)OC(=O)C(CNC(=O)c1ccc(OCCNC2=NCCCN2)cc1O)NS(=O)(=O)c1ccccc1. The van der Waals surface area contributed by atoms with Crippen LogP contribution >= 0.6 is 0 Å². The van der Waals surface area contributed by atoms with Gasteiger partial charge < -0.3 is 30.5 Å². The first-order valence-corrected chi connectivity index (χ1v) is 14.0. The molecule has 0 radical (unpaired) electrons. The van der Waals surface area contributed by atoms with E-state index >= 15 is 0 Å². The van der Waals surface area contributed by atoms with Crippen LogP contribution in [0.1, 0.15) is 37.6 Å². The largest absolute Gasteiger partial charge is 0.507 e. The number of carbonyl (C=O) groups is 2. The molecule has 1 aliphatic heterocycles. The first-order valence-electron chi connectivity index (χ1n) is 12.5. The van der Waals surface area contributed by atoms with Gasteiger partial charge in [-0.2, -0.15) is 4.72 Å². The lowest BCUT2D eigenvalue weighted by Crippen LogP contribution is -2.50. The fourth-order valence-corrected chi connectivity index (χ4v) is 4.68. The van der Waals surface area contributed by atoms with Gasteiger partial charge in [0.2, 0.25) is 10.0 Å². The minimum absolute atomic E-state index is 0.0451. The lowest BCUT2D eigenvalue weighted by atomic mass is 10.1. The number of rotatable bonds is 11. The Balaban J connectivity index is 1.61. The van der Waals surface area contributed by atoms with Crippen LogP contribution in [0, 0.1) is 0 Å². The quantitative estimate of drug-likeness (QED) is 0.200. The van der Waals surface area contributed by atoms with E-state index in [0.29, 0.717) is 18.9 Å². The Hall–Kier alpha value is -3.84. The number of guanidine groups is 1. The van der Waals surface area contributed by atoms with Crippen LogP contribution in [0.2, 0.25) is 0 Å². The van der Waals surface area contributed by atoms with Gasteiger partial charge in [-0.3, -0.25) is 14.6 Å². The van der Waals surface area contributed by atoms with E-state index < -0.39 is 40.1 Å². The number of aliphatic imine (C=N–C) groups is 1. The second-order valence-electron chi connectivity index (χ2n) is 9.70. The highest BCUT2D eigenvalue weighted by molar-refractivity contribution is 7.89. The van der Waals surface area contributed by atoms with Crippen LogP contribution in [-0.4, -0.2) is 75.8 Å². The number of benzene rings is 2. The number of hydrogen-bond acceptors (Lipinski definition) is 10. The maximum atomic E-state index is 12.8. The second kappa shape index (κ2) is 13.3. The molecule has 39 heavy (non-hydrogen) atoms. The number of phenols is 1. The van der Waals surface area contributed by atoms with Gasteiger partial charge in [-0.25, -0.2) is 8.42 Å². The van der Waals surface area contributed by atoms with Crippen molar-refractivity contribution < 1.29 is 32.6 Å². The highest BCUT2D eigenvalue weighted by atomic mass is 32.2. The molecule has 0 saturated carbocycles. The Morgan fingerprint density at radius 2 is 1.90 bits per heavy atom. The molecule has 0 aliphatic carbocycles. The van der Waals surface area contributed by atoms with E-state index in [2.05, 4.69) is 25.7 Å². The summed E-state index contributed by atoms with van der Waals surface area (Å²) in [5.41, 5.74) is -0.961. The molecule has 0 fully saturated rings. The monoisotopic (exact) mass is 561 g/mol. The molecule has 1 atom stereocenters. The first kappa shape index (κ1) is 29.7. The molecule has 0 spiro atoms. The maximum Gasteiger partial charge on any atom is 0.326 e. The number of ether oxygens (including phenoxy) is 2. The zero-order valence-corrected chi connectivity index (χ0v) is 23.0. The lowest BCUT2D eigenvalue weighted by molar-refractivity contribution is -0.156. The molecule has 0 saturated heterocycles.